The second-order valence-corrected chi connectivity index (χ2v) is 7.22. The lowest BCUT2D eigenvalue weighted by atomic mass is 9.99. The van der Waals surface area contributed by atoms with Crippen LogP contribution in [0.25, 0.3) is 0 Å². The van der Waals surface area contributed by atoms with Crippen LogP contribution in [0.1, 0.15) is 0 Å². The van der Waals surface area contributed by atoms with E-state index in [-0.39, 0.29) is 0 Å². The topological polar surface area (TPSA) is 249 Å². The number of carbonyl (C=O) groups excluding carboxylic acids is 1. The van der Waals surface area contributed by atoms with E-state index in [0.717, 1.165) is 0 Å². The molecule has 0 bridgehead atoms. The molecule has 0 aromatic rings. The van der Waals surface area contributed by atoms with E-state index in [9.17, 15) is 35.4 Å². The quantitative estimate of drug-likeness (QED) is 0.105. The number of hydrogen-bond acceptors (Lipinski definition) is 14. The molecule has 10 N–H and O–H groups in total. The molecule has 0 radical (unpaired) electrons. The zero-order valence-corrected chi connectivity index (χ0v) is 15.8. The summed E-state index contributed by atoms with van der Waals surface area (Å²) in [5, 5.41) is 88.9. The summed E-state index contributed by atoms with van der Waals surface area (Å²) in [5.74, 6) is -0.828. The third kappa shape index (κ3) is 6.03. The van der Waals surface area contributed by atoms with Gasteiger partial charge in [0.15, 0.2) is 6.29 Å². The Balaban J connectivity index is 1.79. The van der Waals surface area contributed by atoms with Crippen LogP contribution in [0.15, 0.2) is 0 Å². The Morgan fingerprint density at radius 2 is 1.67 bits per heavy atom. The molecule has 0 amide bonds. The lowest BCUT2D eigenvalue weighted by Gasteiger charge is -2.40. The molecule has 0 aromatic heterocycles. The van der Waals surface area contributed by atoms with Gasteiger partial charge in [-0.2, -0.15) is 0 Å². The van der Waals surface area contributed by atoms with Gasteiger partial charge in [0, 0.05) is 0 Å². The van der Waals surface area contributed by atoms with Crippen molar-refractivity contribution < 1.29 is 65.0 Å². The van der Waals surface area contributed by atoms with Crippen molar-refractivity contribution >= 4 is 5.97 Å². The van der Waals surface area contributed by atoms with Gasteiger partial charge in [0.2, 0.25) is 0 Å². The molecule has 2 heterocycles. The van der Waals surface area contributed by atoms with Crippen LogP contribution in [0.4, 0.5) is 0 Å². The molecule has 0 spiro atoms. The molecule has 11 atom stereocenters. The molecule has 14 nitrogen and oxygen atoms in total. The van der Waals surface area contributed by atoms with Gasteiger partial charge in [0.1, 0.15) is 55.4 Å². The molecule has 30 heavy (non-hydrogen) atoms. The van der Waals surface area contributed by atoms with Gasteiger partial charge in [-0.25, -0.2) is 0 Å². The predicted octanol–water partition coefficient (Wildman–Crippen LogP) is -6.88. The molecular weight excluding hydrogens is 414 g/mol. The highest BCUT2D eigenvalue weighted by Gasteiger charge is 2.51. The van der Waals surface area contributed by atoms with Gasteiger partial charge in [-0.1, -0.05) is 0 Å². The number of ether oxygens (including phenoxy) is 3. The van der Waals surface area contributed by atoms with Crippen molar-refractivity contribution in [3.8, 4) is 0 Å². The van der Waals surface area contributed by atoms with E-state index in [2.05, 4.69) is 5.32 Å². The average molecular weight is 443 g/mol. The summed E-state index contributed by atoms with van der Waals surface area (Å²) in [6.07, 6.45) is -14.0. The largest absolute Gasteiger partial charge is 0.462 e. The number of esters is 1. The van der Waals surface area contributed by atoms with E-state index >= 15 is 0 Å². The highest BCUT2D eigenvalue weighted by Crippen LogP contribution is 2.24. The summed E-state index contributed by atoms with van der Waals surface area (Å²) in [5.41, 5.74) is 0. The summed E-state index contributed by atoms with van der Waals surface area (Å²) in [6, 6.07) is -1.93. The van der Waals surface area contributed by atoms with E-state index in [1.807, 2.05) is 0 Å². The van der Waals surface area contributed by atoms with Gasteiger partial charge in [-0.15, -0.1) is 0 Å². The van der Waals surface area contributed by atoms with Gasteiger partial charge in [-0.3, -0.25) is 10.1 Å². The first-order valence-corrected chi connectivity index (χ1v) is 9.30. The number of rotatable bonds is 11. The van der Waals surface area contributed by atoms with Crippen molar-refractivity contribution in [1.29, 1.82) is 0 Å². The maximum Gasteiger partial charge on any atom is 0.324 e. The predicted molar refractivity (Wildman–Crippen MR) is 92.5 cm³/mol. The van der Waals surface area contributed by atoms with Gasteiger partial charge in [0.05, 0.1) is 32.0 Å². The van der Waals surface area contributed by atoms with Crippen LogP contribution >= 0.6 is 0 Å². The molecule has 2 aliphatic heterocycles. The second kappa shape index (κ2) is 11.0. The smallest absolute Gasteiger partial charge is 0.324 e. The van der Waals surface area contributed by atoms with Crippen molar-refractivity contribution in [2.24, 2.45) is 0 Å². The first-order chi connectivity index (χ1) is 14.1. The van der Waals surface area contributed by atoms with E-state index in [1.54, 1.807) is 0 Å². The molecule has 2 saturated heterocycles. The zero-order chi connectivity index (χ0) is 22.6. The average Bonchev–Trinajstić information content (AvgIpc) is 3.54. The van der Waals surface area contributed by atoms with Crippen molar-refractivity contribution in [3.05, 3.63) is 0 Å². The summed E-state index contributed by atoms with van der Waals surface area (Å²) in [6.45, 7) is -2.38. The fourth-order valence-electron chi connectivity index (χ4n) is 2.92. The Bertz CT molecular complexity index is 551. The van der Waals surface area contributed by atoms with Crippen molar-refractivity contribution in [1.82, 2.24) is 5.32 Å². The molecular formula is C16H29NO13. The van der Waals surface area contributed by atoms with Crippen LogP contribution in [-0.2, 0) is 19.0 Å². The fraction of sp³-hybridized carbons (Fsp3) is 0.938. The summed E-state index contributed by atoms with van der Waals surface area (Å²) < 4.78 is 14.9. The molecule has 2 rings (SSSR count). The minimum atomic E-state index is -1.78. The van der Waals surface area contributed by atoms with E-state index in [0.29, 0.717) is 0 Å². The summed E-state index contributed by atoms with van der Waals surface area (Å²) in [7, 11) is 0. The molecule has 2 aliphatic rings. The van der Waals surface area contributed by atoms with Crippen LogP contribution < -0.4 is 5.32 Å². The molecule has 0 aromatic carbocycles. The fourth-order valence-corrected chi connectivity index (χ4v) is 2.92. The second-order valence-electron chi connectivity index (χ2n) is 7.22. The maximum absolute atomic E-state index is 11.8. The summed E-state index contributed by atoms with van der Waals surface area (Å²) >= 11 is 0. The number of nitrogens with one attached hydrogen (secondary N) is 1. The van der Waals surface area contributed by atoms with E-state index in [4.69, 9.17) is 29.5 Å². The van der Waals surface area contributed by atoms with Gasteiger partial charge < -0.3 is 60.2 Å². The Hall–Kier alpha value is -1.01. The number of hydrogen-bond donors (Lipinski definition) is 10. The number of aliphatic hydroxyl groups excluding tert-OH is 9. The van der Waals surface area contributed by atoms with E-state index < -0.39 is 99.6 Å². The van der Waals surface area contributed by atoms with Crippen molar-refractivity contribution in [2.45, 2.75) is 67.2 Å². The maximum atomic E-state index is 11.8. The van der Waals surface area contributed by atoms with Gasteiger partial charge in [0.25, 0.3) is 0 Å². The lowest BCUT2D eigenvalue weighted by Crippen LogP contribution is -2.59. The third-order valence-corrected chi connectivity index (χ3v) is 4.90. The highest BCUT2D eigenvalue weighted by molar-refractivity contribution is 5.80. The molecule has 0 aliphatic carbocycles. The highest BCUT2D eigenvalue weighted by atomic mass is 16.7. The molecule has 176 valence electrons. The Kier molecular flexibility index (Phi) is 9.29. The Labute approximate surface area is 170 Å². The zero-order valence-electron chi connectivity index (χ0n) is 15.8. The van der Waals surface area contributed by atoms with Gasteiger partial charge >= 0.3 is 5.97 Å². The first-order valence-electron chi connectivity index (χ1n) is 9.30. The third-order valence-electron chi connectivity index (χ3n) is 4.90. The number of carbonyl (C=O) groups is 1. The minimum Gasteiger partial charge on any atom is -0.462 e. The standard InChI is InChI=1S/C16H29NO13/c18-1-5(20)3-28-15(27)9-8(17-9)12(24)10(22)6(21)4-29-16-14(26)13(25)11(23)7(2-19)30-16/h5-14,16-26H,1-4H2/t5?,6?,7-,8?,9?,10?,11-,12?,13+,14-,16-/m1/s1. The van der Waals surface area contributed by atoms with Gasteiger partial charge in [-0.05, 0) is 0 Å². The summed E-state index contributed by atoms with van der Waals surface area (Å²) in [4.78, 5) is 11.8. The minimum absolute atomic E-state index is 0.450. The van der Waals surface area contributed by atoms with Crippen LogP contribution in [0.3, 0.4) is 0 Å². The van der Waals surface area contributed by atoms with E-state index in [1.165, 1.54) is 0 Å². The van der Waals surface area contributed by atoms with Crippen molar-refractivity contribution in [3.63, 3.8) is 0 Å². The molecule has 14 heteroatoms. The van der Waals surface area contributed by atoms with Crippen LogP contribution in [0, 0.1) is 0 Å². The van der Waals surface area contributed by atoms with Crippen LogP contribution in [0.5, 0.6) is 0 Å². The van der Waals surface area contributed by atoms with Crippen LogP contribution in [-0.4, -0.2) is 146 Å². The Morgan fingerprint density at radius 3 is 2.27 bits per heavy atom. The van der Waals surface area contributed by atoms with Crippen molar-refractivity contribution in [2.75, 3.05) is 26.4 Å². The normalized spacial score (nSPS) is 37.8. The monoisotopic (exact) mass is 443 g/mol. The molecule has 2 fully saturated rings. The SMILES string of the molecule is O=C(OCC(O)CO)C1NC1C(O)C(O)C(O)CO[C@@H]1O[C@H](CO)[C@@H](O)[C@H](O)[C@H]1O. The Morgan fingerprint density at radius 1 is 1.00 bits per heavy atom. The molecule has 0 saturated carbocycles. The van der Waals surface area contributed by atoms with Crippen LogP contribution in [0.2, 0.25) is 0 Å². The lowest BCUT2D eigenvalue weighted by molar-refractivity contribution is -0.306. The molecule has 6 unspecified atom stereocenters. The number of aliphatic hydroxyl groups is 9. The first kappa shape index (κ1) is 25.3.